The first-order valence-electron chi connectivity index (χ1n) is 7.83. The number of rotatable bonds is 4. The summed E-state index contributed by atoms with van der Waals surface area (Å²) >= 11 is 0. The normalized spacial score (nSPS) is 23.5. The van der Waals surface area contributed by atoms with Crippen LogP contribution in [0, 0.1) is 0 Å². The zero-order valence-electron chi connectivity index (χ0n) is 13.1. The molecule has 6 nitrogen and oxygen atoms in total. The lowest BCUT2D eigenvalue weighted by atomic mass is 9.99. The molecule has 2 heterocycles. The standard InChI is InChI=1S/C15H27N3O3/c1-15(2,16)6-5-13(19)18-7-3-4-12(18)14(20)17-8-10-21-11-9-17/h12H,3-11,16H2,1-2H3. The molecule has 2 aliphatic rings. The van der Waals surface area contributed by atoms with E-state index in [1.165, 1.54) is 0 Å². The Kier molecular flexibility index (Phi) is 5.22. The molecule has 1 unspecified atom stereocenters. The van der Waals surface area contributed by atoms with Gasteiger partial charge in [0.05, 0.1) is 13.2 Å². The lowest BCUT2D eigenvalue weighted by Gasteiger charge is -2.33. The number of hydrogen-bond acceptors (Lipinski definition) is 4. The molecule has 2 fully saturated rings. The van der Waals surface area contributed by atoms with Crippen LogP contribution in [0.5, 0.6) is 0 Å². The molecule has 2 N–H and O–H groups in total. The second kappa shape index (κ2) is 6.75. The van der Waals surface area contributed by atoms with Crippen molar-refractivity contribution in [2.45, 2.75) is 51.1 Å². The molecule has 0 aliphatic carbocycles. The Morgan fingerprint density at radius 3 is 2.52 bits per heavy atom. The van der Waals surface area contributed by atoms with E-state index < -0.39 is 0 Å². The van der Waals surface area contributed by atoms with Crippen LogP contribution in [-0.4, -0.2) is 66.0 Å². The number of nitrogens with zero attached hydrogens (tertiary/aromatic N) is 2. The van der Waals surface area contributed by atoms with E-state index in [1.54, 1.807) is 4.90 Å². The quantitative estimate of drug-likeness (QED) is 0.812. The second-order valence-corrected chi connectivity index (χ2v) is 6.67. The van der Waals surface area contributed by atoms with Gasteiger partial charge in [-0.15, -0.1) is 0 Å². The number of amides is 2. The minimum absolute atomic E-state index is 0.0534. The molecule has 1 atom stereocenters. The van der Waals surface area contributed by atoms with E-state index in [2.05, 4.69) is 0 Å². The Hall–Kier alpha value is -1.14. The topological polar surface area (TPSA) is 75.9 Å². The molecule has 0 aromatic heterocycles. The number of morpholine rings is 1. The maximum absolute atomic E-state index is 12.6. The summed E-state index contributed by atoms with van der Waals surface area (Å²) in [7, 11) is 0. The van der Waals surface area contributed by atoms with Gasteiger partial charge in [-0.1, -0.05) is 0 Å². The third-order valence-electron chi connectivity index (χ3n) is 4.16. The van der Waals surface area contributed by atoms with Crippen LogP contribution in [0.2, 0.25) is 0 Å². The number of ether oxygens (including phenoxy) is 1. The maximum atomic E-state index is 12.6. The molecule has 2 aliphatic heterocycles. The molecular weight excluding hydrogens is 270 g/mol. The second-order valence-electron chi connectivity index (χ2n) is 6.67. The molecule has 0 saturated carbocycles. The highest BCUT2D eigenvalue weighted by molar-refractivity contribution is 5.88. The van der Waals surface area contributed by atoms with E-state index in [4.69, 9.17) is 10.5 Å². The third kappa shape index (κ3) is 4.41. The molecule has 21 heavy (non-hydrogen) atoms. The average molecular weight is 297 g/mol. The van der Waals surface area contributed by atoms with Gasteiger partial charge in [0.1, 0.15) is 6.04 Å². The fraction of sp³-hybridized carbons (Fsp3) is 0.867. The molecule has 2 amide bonds. The van der Waals surface area contributed by atoms with Crippen molar-refractivity contribution in [2.75, 3.05) is 32.8 Å². The molecule has 2 saturated heterocycles. The average Bonchev–Trinajstić information content (AvgIpc) is 2.93. The molecule has 0 aromatic rings. The number of nitrogens with two attached hydrogens (primary N) is 1. The summed E-state index contributed by atoms with van der Waals surface area (Å²) in [5.41, 5.74) is 5.59. The van der Waals surface area contributed by atoms with Crippen molar-refractivity contribution in [1.82, 2.24) is 9.80 Å². The van der Waals surface area contributed by atoms with Gasteiger partial charge in [0, 0.05) is 31.6 Å². The van der Waals surface area contributed by atoms with Gasteiger partial charge in [0.25, 0.3) is 0 Å². The molecule has 0 aromatic carbocycles. The first kappa shape index (κ1) is 16.2. The minimum atomic E-state index is -0.348. The van der Waals surface area contributed by atoms with Crippen LogP contribution in [-0.2, 0) is 14.3 Å². The fourth-order valence-electron chi connectivity index (χ4n) is 2.89. The number of carbonyl (C=O) groups is 2. The van der Waals surface area contributed by atoms with Crippen LogP contribution in [0.1, 0.15) is 39.5 Å². The van der Waals surface area contributed by atoms with Gasteiger partial charge in [-0.25, -0.2) is 0 Å². The van der Waals surface area contributed by atoms with Crippen molar-refractivity contribution in [1.29, 1.82) is 0 Å². The Morgan fingerprint density at radius 1 is 1.24 bits per heavy atom. The molecule has 0 spiro atoms. The molecule has 2 rings (SSSR count). The van der Waals surface area contributed by atoms with Crippen molar-refractivity contribution in [3.63, 3.8) is 0 Å². The summed E-state index contributed by atoms with van der Waals surface area (Å²) < 4.78 is 5.27. The van der Waals surface area contributed by atoms with Crippen LogP contribution in [0.25, 0.3) is 0 Å². The SMILES string of the molecule is CC(C)(N)CCC(=O)N1CCCC1C(=O)N1CCOCC1. The number of carbonyl (C=O) groups excluding carboxylic acids is 2. The van der Waals surface area contributed by atoms with Crippen LogP contribution in [0.3, 0.4) is 0 Å². The zero-order valence-corrected chi connectivity index (χ0v) is 13.1. The lowest BCUT2D eigenvalue weighted by Crippen LogP contribution is -2.51. The lowest BCUT2D eigenvalue weighted by molar-refractivity contribution is -0.146. The van der Waals surface area contributed by atoms with Gasteiger partial charge < -0.3 is 20.3 Å². The van der Waals surface area contributed by atoms with Crippen LogP contribution in [0.15, 0.2) is 0 Å². The first-order chi connectivity index (χ1) is 9.88. The Morgan fingerprint density at radius 2 is 1.90 bits per heavy atom. The number of likely N-dealkylation sites (tertiary alicyclic amines) is 1. The molecule has 0 radical (unpaired) electrons. The predicted molar refractivity (Wildman–Crippen MR) is 79.6 cm³/mol. The maximum Gasteiger partial charge on any atom is 0.245 e. The van der Waals surface area contributed by atoms with E-state index in [0.29, 0.717) is 45.7 Å². The van der Waals surface area contributed by atoms with Gasteiger partial charge in [-0.3, -0.25) is 9.59 Å². The summed E-state index contributed by atoms with van der Waals surface area (Å²) in [4.78, 5) is 28.5. The van der Waals surface area contributed by atoms with Crippen molar-refractivity contribution >= 4 is 11.8 Å². The smallest absolute Gasteiger partial charge is 0.245 e. The third-order valence-corrected chi connectivity index (χ3v) is 4.16. The van der Waals surface area contributed by atoms with Gasteiger partial charge in [0.2, 0.25) is 11.8 Å². The highest BCUT2D eigenvalue weighted by Crippen LogP contribution is 2.22. The largest absolute Gasteiger partial charge is 0.378 e. The Bertz CT molecular complexity index is 386. The van der Waals surface area contributed by atoms with Gasteiger partial charge in [-0.05, 0) is 33.1 Å². The van der Waals surface area contributed by atoms with Crippen molar-refractivity contribution in [2.24, 2.45) is 5.73 Å². The predicted octanol–water partition coefficient (Wildman–Crippen LogP) is 0.354. The van der Waals surface area contributed by atoms with E-state index in [-0.39, 0.29) is 23.4 Å². The van der Waals surface area contributed by atoms with E-state index in [9.17, 15) is 9.59 Å². The van der Waals surface area contributed by atoms with E-state index in [1.807, 2.05) is 18.7 Å². The van der Waals surface area contributed by atoms with Gasteiger partial charge in [0.15, 0.2) is 0 Å². The Labute approximate surface area is 126 Å². The molecule has 120 valence electrons. The zero-order chi connectivity index (χ0) is 15.5. The minimum Gasteiger partial charge on any atom is -0.378 e. The van der Waals surface area contributed by atoms with Crippen LogP contribution in [0.4, 0.5) is 0 Å². The number of hydrogen-bond donors (Lipinski definition) is 1. The monoisotopic (exact) mass is 297 g/mol. The summed E-state index contributed by atoms with van der Waals surface area (Å²) in [5, 5.41) is 0. The molecule has 0 bridgehead atoms. The van der Waals surface area contributed by atoms with Crippen LogP contribution < -0.4 is 5.73 Å². The highest BCUT2D eigenvalue weighted by atomic mass is 16.5. The summed E-state index contributed by atoms with van der Waals surface area (Å²) in [6.07, 6.45) is 2.73. The molecular formula is C15H27N3O3. The van der Waals surface area contributed by atoms with Crippen LogP contribution >= 0.6 is 0 Å². The Balaban J connectivity index is 1.92. The van der Waals surface area contributed by atoms with Crippen molar-refractivity contribution in [3.8, 4) is 0 Å². The van der Waals surface area contributed by atoms with E-state index in [0.717, 1.165) is 12.8 Å². The van der Waals surface area contributed by atoms with E-state index >= 15 is 0 Å². The first-order valence-corrected chi connectivity index (χ1v) is 7.83. The highest BCUT2D eigenvalue weighted by Gasteiger charge is 2.36. The summed E-state index contributed by atoms with van der Waals surface area (Å²) in [6, 6.07) is -0.281. The summed E-state index contributed by atoms with van der Waals surface area (Å²) in [5.74, 6) is 0.133. The van der Waals surface area contributed by atoms with Gasteiger partial charge >= 0.3 is 0 Å². The molecule has 6 heteroatoms. The van der Waals surface area contributed by atoms with Crippen molar-refractivity contribution in [3.05, 3.63) is 0 Å². The van der Waals surface area contributed by atoms with Crippen molar-refractivity contribution < 1.29 is 14.3 Å². The van der Waals surface area contributed by atoms with Gasteiger partial charge in [-0.2, -0.15) is 0 Å². The fourth-order valence-corrected chi connectivity index (χ4v) is 2.89. The summed E-state index contributed by atoms with van der Waals surface area (Å²) in [6.45, 7) is 6.97.